The normalized spacial score (nSPS) is 14.4. The monoisotopic (exact) mass is 509 g/mol. The molecule has 0 unspecified atom stereocenters. The van der Waals surface area contributed by atoms with Crippen molar-refractivity contribution < 1.29 is 29.0 Å². The van der Waals surface area contributed by atoms with Crippen LogP contribution in [0.3, 0.4) is 0 Å². The van der Waals surface area contributed by atoms with E-state index in [1.807, 2.05) is 43.3 Å². The number of aryl methyl sites for hydroxylation is 1. The molecule has 0 spiro atoms. The van der Waals surface area contributed by atoms with E-state index in [2.05, 4.69) is 0 Å². The summed E-state index contributed by atoms with van der Waals surface area (Å²) in [6.45, 7) is 3.62. The van der Waals surface area contributed by atoms with Crippen molar-refractivity contribution in [3.63, 3.8) is 0 Å². The molecule has 192 valence electrons. The number of fused-ring (bicyclic) bond motifs is 1. The number of ether oxygens (including phenoxy) is 1. The Labute approximate surface area is 220 Å². The molecule has 4 rings (SSSR count). The fourth-order valence-corrected chi connectivity index (χ4v) is 4.14. The van der Waals surface area contributed by atoms with Gasteiger partial charge in [-0.25, -0.2) is 4.79 Å². The second-order valence-corrected chi connectivity index (χ2v) is 9.00. The molecule has 2 amide bonds. The molecule has 0 bridgehead atoms. The number of carboxylic acids is 1. The van der Waals surface area contributed by atoms with Crippen LogP contribution in [-0.4, -0.2) is 40.3 Å². The lowest BCUT2D eigenvalue weighted by Crippen LogP contribution is -2.42. The van der Waals surface area contributed by atoms with Crippen LogP contribution in [0.15, 0.2) is 90.7 Å². The Morgan fingerprint density at radius 3 is 2.11 bits per heavy atom. The number of nitrogens with zero attached hydrogens (tertiary/aromatic N) is 1. The highest BCUT2D eigenvalue weighted by molar-refractivity contribution is 6.31. The molecule has 7 nitrogen and oxygen atoms in total. The summed E-state index contributed by atoms with van der Waals surface area (Å²) in [5.74, 6) is -2.25. The molecule has 0 saturated heterocycles. The Balaban J connectivity index is 1.51. The first-order valence-electron chi connectivity index (χ1n) is 12.2. The van der Waals surface area contributed by atoms with Crippen LogP contribution in [0.2, 0.25) is 0 Å². The van der Waals surface area contributed by atoms with Crippen LogP contribution in [0.4, 0.5) is 0 Å². The van der Waals surface area contributed by atoms with Gasteiger partial charge in [0.05, 0.1) is 5.56 Å². The van der Waals surface area contributed by atoms with Crippen LogP contribution in [-0.2, 0) is 14.3 Å². The molecule has 3 aromatic rings. The van der Waals surface area contributed by atoms with Crippen molar-refractivity contribution in [2.45, 2.75) is 26.7 Å². The van der Waals surface area contributed by atoms with Gasteiger partial charge in [-0.15, -0.1) is 0 Å². The lowest BCUT2D eigenvalue weighted by Gasteiger charge is -2.28. The van der Waals surface area contributed by atoms with Gasteiger partial charge in [0.15, 0.2) is 0 Å². The van der Waals surface area contributed by atoms with Crippen LogP contribution in [0.25, 0.3) is 16.7 Å². The molecule has 38 heavy (non-hydrogen) atoms. The van der Waals surface area contributed by atoms with Gasteiger partial charge in [0, 0.05) is 24.1 Å². The lowest BCUT2D eigenvalue weighted by atomic mass is 9.93. The summed E-state index contributed by atoms with van der Waals surface area (Å²) in [6.07, 6.45) is 3.02. The van der Waals surface area contributed by atoms with Crippen LogP contribution < -0.4 is 0 Å². The van der Waals surface area contributed by atoms with Gasteiger partial charge in [0.25, 0.3) is 11.8 Å². The number of aliphatic carboxylic acids is 1. The Hall–Kier alpha value is -4.78. The number of carboxylic acid groups (broad SMARTS) is 1. The van der Waals surface area contributed by atoms with Gasteiger partial charge >= 0.3 is 11.9 Å². The number of hydrogen-bond donors (Lipinski definition) is 1. The second kappa shape index (κ2) is 11.5. The maximum atomic E-state index is 13.2. The minimum Gasteiger partial charge on any atom is -0.481 e. The van der Waals surface area contributed by atoms with E-state index in [1.165, 1.54) is 17.7 Å². The summed E-state index contributed by atoms with van der Waals surface area (Å²) in [6, 6.07) is 21.9. The highest BCUT2D eigenvalue weighted by Crippen LogP contribution is 2.29. The van der Waals surface area contributed by atoms with Crippen LogP contribution in [0.1, 0.15) is 51.6 Å². The molecule has 1 heterocycles. The molecule has 0 radical (unpaired) electrons. The quantitative estimate of drug-likeness (QED) is 0.182. The van der Waals surface area contributed by atoms with Crippen molar-refractivity contribution in [3.05, 3.63) is 113 Å². The number of esters is 1. The van der Waals surface area contributed by atoms with Gasteiger partial charge in [-0.3, -0.25) is 19.3 Å². The average Bonchev–Trinajstić information content (AvgIpc) is 2.91. The third-order valence-corrected chi connectivity index (χ3v) is 6.18. The minimum absolute atomic E-state index is 0.00803. The minimum atomic E-state index is -0.997. The number of allylic oxidation sites excluding steroid dienone is 3. The molecule has 1 aliphatic heterocycles. The maximum Gasteiger partial charge on any atom is 0.343 e. The Kier molecular flexibility index (Phi) is 7.97. The highest BCUT2D eigenvalue weighted by atomic mass is 16.5. The van der Waals surface area contributed by atoms with Crippen molar-refractivity contribution in [2.75, 3.05) is 6.54 Å². The molecule has 3 aromatic carbocycles. The Morgan fingerprint density at radius 1 is 0.868 bits per heavy atom. The van der Waals surface area contributed by atoms with Gasteiger partial charge in [-0.1, -0.05) is 60.2 Å². The van der Waals surface area contributed by atoms with E-state index < -0.39 is 23.8 Å². The first-order valence-corrected chi connectivity index (χ1v) is 12.2. The molecular formula is C31H27NO6. The number of carbonyl (C=O) groups is 4. The molecule has 7 heteroatoms. The SMILES string of the molecule is C/C(=C\C=C1\C(=O)N(CCCC(=O)O)C(=O)c2ccccc21)OC(=O)c1ccc(-c2ccc(C)cc2)cc1. The summed E-state index contributed by atoms with van der Waals surface area (Å²) in [7, 11) is 0. The van der Waals surface area contributed by atoms with E-state index in [-0.39, 0.29) is 30.7 Å². The highest BCUT2D eigenvalue weighted by Gasteiger charge is 2.34. The van der Waals surface area contributed by atoms with E-state index in [0.717, 1.165) is 16.0 Å². The van der Waals surface area contributed by atoms with Gasteiger partial charge < -0.3 is 9.84 Å². The number of rotatable bonds is 8. The van der Waals surface area contributed by atoms with Crippen LogP contribution >= 0.6 is 0 Å². The van der Waals surface area contributed by atoms with Crippen LogP contribution in [0, 0.1) is 6.92 Å². The van der Waals surface area contributed by atoms with Crippen molar-refractivity contribution in [1.82, 2.24) is 4.90 Å². The zero-order valence-corrected chi connectivity index (χ0v) is 21.1. The zero-order chi connectivity index (χ0) is 27.2. The van der Waals surface area contributed by atoms with Crippen molar-refractivity contribution >= 4 is 29.3 Å². The molecule has 0 saturated carbocycles. The predicted octanol–water partition coefficient (Wildman–Crippen LogP) is 5.65. The largest absolute Gasteiger partial charge is 0.481 e. The standard InChI is InChI=1S/C31H27NO6/c1-20-9-12-22(13-10-20)23-14-16-24(17-15-23)31(37)38-21(2)11-18-27-25-6-3-4-7-26(25)29(35)32(30(27)36)19-5-8-28(33)34/h3-4,6-7,9-18H,5,8,19H2,1-2H3,(H,33,34)/b21-11+,27-18+. The van der Waals surface area contributed by atoms with E-state index in [9.17, 15) is 19.2 Å². The first kappa shape index (κ1) is 26.3. The van der Waals surface area contributed by atoms with Crippen molar-refractivity contribution in [3.8, 4) is 11.1 Å². The van der Waals surface area contributed by atoms with E-state index in [0.29, 0.717) is 16.7 Å². The summed E-state index contributed by atoms with van der Waals surface area (Å²) in [5.41, 5.74) is 4.66. The van der Waals surface area contributed by atoms with Gasteiger partial charge in [0.1, 0.15) is 5.76 Å². The summed E-state index contributed by atoms with van der Waals surface area (Å²) in [5, 5.41) is 8.91. The average molecular weight is 510 g/mol. The lowest BCUT2D eigenvalue weighted by molar-refractivity contribution is -0.137. The number of imide groups is 1. The zero-order valence-electron chi connectivity index (χ0n) is 21.1. The van der Waals surface area contributed by atoms with Crippen molar-refractivity contribution in [1.29, 1.82) is 0 Å². The second-order valence-electron chi connectivity index (χ2n) is 9.00. The summed E-state index contributed by atoms with van der Waals surface area (Å²) < 4.78 is 5.47. The van der Waals surface area contributed by atoms with E-state index in [1.54, 1.807) is 43.3 Å². The van der Waals surface area contributed by atoms with E-state index >= 15 is 0 Å². The third kappa shape index (κ3) is 5.95. The summed E-state index contributed by atoms with van der Waals surface area (Å²) in [4.78, 5) is 50.6. The first-order chi connectivity index (χ1) is 18.2. The fraction of sp³-hybridized carbons (Fsp3) is 0.161. The Bertz CT molecular complexity index is 1450. The smallest absolute Gasteiger partial charge is 0.343 e. The molecular weight excluding hydrogens is 482 g/mol. The number of amides is 2. The number of benzene rings is 3. The molecule has 1 N–H and O–H groups in total. The molecule has 0 fully saturated rings. The predicted molar refractivity (Wildman–Crippen MR) is 143 cm³/mol. The molecule has 1 aliphatic rings. The van der Waals surface area contributed by atoms with Gasteiger partial charge in [-0.05, 0) is 67.3 Å². The maximum absolute atomic E-state index is 13.2. The van der Waals surface area contributed by atoms with Crippen LogP contribution in [0.5, 0.6) is 0 Å². The topological polar surface area (TPSA) is 101 Å². The van der Waals surface area contributed by atoms with Gasteiger partial charge in [0.2, 0.25) is 0 Å². The van der Waals surface area contributed by atoms with Crippen molar-refractivity contribution in [2.24, 2.45) is 0 Å². The van der Waals surface area contributed by atoms with E-state index in [4.69, 9.17) is 9.84 Å². The third-order valence-electron chi connectivity index (χ3n) is 6.18. The summed E-state index contributed by atoms with van der Waals surface area (Å²) >= 11 is 0. The molecule has 0 atom stereocenters. The number of hydrogen-bond acceptors (Lipinski definition) is 5. The molecule has 0 aromatic heterocycles. The molecule has 0 aliphatic carbocycles. The Morgan fingerprint density at radius 2 is 1.47 bits per heavy atom. The number of carbonyl (C=O) groups excluding carboxylic acids is 3. The van der Waals surface area contributed by atoms with Gasteiger partial charge in [-0.2, -0.15) is 0 Å². The fourth-order valence-electron chi connectivity index (χ4n) is 4.14.